The highest BCUT2D eigenvalue weighted by Crippen LogP contribution is 2.09. The number of hydrogen-bond acceptors (Lipinski definition) is 4. The number of rotatable bonds is 8. The van der Waals surface area contributed by atoms with E-state index in [0.717, 1.165) is 43.8 Å². The molecular weight excluding hydrogens is 240 g/mol. The van der Waals surface area contributed by atoms with Gasteiger partial charge in [-0.1, -0.05) is 19.4 Å². The summed E-state index contributed by atoms with van der Waals surface area (Å²) in [5.74, 6) is 0.683. The third kappa shape index (κ3) is 3.92. The molecule has 2 aromatic rings. The maximum absolute atomic E-state index is 5.50. The molecule has 5 heteroatoms. The first-order chi connectivity index (χ1) is 9.31. The van der Waals surface area contributed by atoms with E-state index in [-0.39, 0.29) is 0 Å². The van der Waals surface area contributed by atoms with Gasteiger partial charge >= 0.3 is 0 Å². The second-order valence-corrected chi connectivity index (χ2v) is 4.64. The van der Waals surface area contributed by atoms with Gasteiger partial charge in [0.05, 0.1) is 0 Å². The van der Waals surface area contributed by atoms with Crippen LogP contribution in [0.25, 0.3) is 5.65 Å². The highest BCUT2D eigenvalue weighted by atomic mass is 16.5. The molecule has 0 unspecified atom stereocenters. The molecule has 0 aliphatic heterocycles. The van der Waals surface area contributed by atoms with Crippen molar-refractivity contribution in [2.24, 2.45) is 0 Å². The highest BCUT2D eigenvalue weighted by Gasteiger charge is 2.04. The van der Waals surface area contributed by atoms with Gasteiger partial charge in [0.15, 0.2) is 5.65 Å². The van der Waals surface area contributed by atoms with Gasteiger partial charge < -0.3 is 10.1 Å². The summed E-state index contributed by atoms with van der Waals surface area (Å²) in [5.41, 5.74) is 2.04. The van der Waals surface area contributed by atoms with Crippen LogP contribution in [0.4, 0.5) is 5.95 Å². The molecule has 0 saturated carbocycles. The summed E-state index contributed by atoms with van der Waals surface area (Å²) in [6, 6.07) is 4.01. The maximum Gasteiger partial charge on any atom is 0.243 e. The van der Waals surface area contributed by atoms with Gasteiger partial charge in [-0.05, 0) is 31.4 Å². The third-order valence-corrected chi connectivity index (χ3v) is 2.95. The molecular formula is C14H22N4O. The minimum atomic E-state index is 0.683. The van der Waals surface area contributed by atoms with Gasteiger partial charge in [0.2, 0.25) is 5.95 Å². The number of aromatic nitrogens is 3. The van der Waals surface area contributed by atoms with Gasteiger partial charge in [0.1, 0.15) is 0 Å². The number of fused-ring (bicyclic) bond motifs is 1. The monoisotopic (exact) mass is 262 g/mol. The number of nitrogens with one attached hydrogen (secondary N) is 1. The zero-order valence-corrected chi connectivity index (χ0v) is 11.7. The first kappa shape index (κ1) is 13.8. The van der Waals surface area contributed by atoms with E-state index < -0.39 is 0 Å². The van der Waals surface area contributed by atoms with Gasteiger partial charge in [-0.15, -0.1) is 5.10 Å². The lowest BCUT2D eigenvalue weighted by molar-refractivity contribution is 0.131. The Morgan fingerprint density at radius 2 is 2.16 bits per heavy atom. The molecule has 0 aliphatic carbocycles. The van der Waals surface area contributed by atoms with Crippen LogP contribution in [0.2, 0.25) is 0 Å². The molecule has 104 valence electrons. The highest BCUT2D eigenvalue weighted by molar-refractivity contribution is 5.49. The van der Waals surface area contributed by atoms with Crippen molar-refractivity contribution in [3.63, 3.8) is 0 Å². The fraction of sp³-hybridized carbons (Fsp3) is 0.571. The topological polar surface area (TPSA) is 51.5 Å². The second-order valence-electron chi connectivity index (χ2n) is 4.64. The van der Waals surface area contributed by atoms with Crippen molar-refractivity contribution >= 4 is 11.6 Å². The molecule has 2 aromatic heterocycles. The summed E-state index contributed by atoms with van der Waals surface area (Å²) in [6.07, 6.45) is 5.20. The Morgan fingerprint density at radius 1 is 1.32 bits per heavy atom. The number of ether oxygens (including phenoxy) is 1. The quantitative estimate of drug-likeness (QED) is 0.743. The molecule has 0 amide bonds. The minimum absolute atomic E-state index is 0.683. The van der Waals surface area contributed by atoms with Crippen molar-refractivity contribution in [1.82, 2.24) is 14.6 Å². The van der Waals surface area contributed by atoms with Crippen LogP contribution in [-0.4, -0.2) is 34.4 Å². The molecule has 2 heterocycles. The van der Waals surface area contributed by atoms with Crippen LogP contribution in [0.3, 0.4) is 0 Å². The van der Waals surface area contributed by atoms with E-state index in [2.05, 4.69) is 22.3 Å². The first-order valence-corrected chi connectivity index (χ1v) is 6.95. The molecule has 0 saturated heterocycles. The molecule has 5 nitrogen and oxygen atoms in total. The average Bonchev–Trinajstić information content (AvgIpc) is 2.82. The molecule has 1 N–H and O–H groups in total. The molecule has 2 rings (SSSR count). The van der Waals surface area contributed by atoms with Crippen molar-refractivity contribution < 1.29 is 4.74 Å². The summed E-state index contributed by atoms with van der Waals surface area (Å²) in [5, 5.41) is 7.60. The van der Waals surface area contributed by atoms with E-state index in [4.69, 9.17) is 4.74 Å². The Kier molecular flexibility index (Phi) is 5.15. The van der Waals surface area contributed by atoms with Crippen molar-refractivity contribution in [2.75, 3.05) is 25.1 Å². The zero-order chi connectivity index (χ0) is 13.5. The van der Waals surface area contributed by atoms with Crippen LogP contribution in [0.1, 0.15) is 31.7 Å². The predicted octanol–water partition coefficient (Wildman–Crippen LogP) is 2.66. The van der Waals surface area contributed by atoms with Crippen LogP contribution in [0.15, 0.2) is 18.3 Å². The van der Waals surface area contributed by atoms with Gasteiger partial charge in [-0.3, -0.25) is 0 Å². The van der Waals surface area contributed by atoms with Crippen LogP contribution in [0, 0.1) is 6.92 Å². The van der Waals surface area contributed by atoms with E-state index in [9.17, 15) is 0 Å². The number of anilines is 1. The molecule has 0 atom stereocenters. The number of pyridine rings is 1. The van der Waals surface area contributed by atoms with Gasteiger partial charge in [-0.25, -0.2) is 4.52 Å². The normalized spacial score (nSPS) is 11.1. The van der Waals surface area contributed by atoms with Gasteiger partial charge in [0.25, 0.3) is 0 Å². The van der Waals surface area contributed by atoms with E-state index in [0.29, 0.717) is 5.95 Å². The van der Waals surface area contributed by atoms with Crippen LogP contribution in [-0.2, 0) is 4.74 Å². The smallest absolute Gasteiger partial charge is 0.243 e. The Morgan fingerprint density at radius 3 is 2.95 bits per heavy atom. The average molecular weight is 262 g/mol. The van der Waals surface area contributed by atoms with Gasteiger partial charge in [-0.2, -0.15) is 4.98 Å². The van der Waals surface area contributed by atoms with E-state index in [1.807, 2.05) is 25.3 Å². The predicted molar refractivity (Wildman–Crippen MR) is 76.6 cm³/mol. The Hall–Kier alpha value is -1.62. The van der Waals surface area contributed by atoms with Crippen LogP contribution in [0.5, 0.6) is 0 Å². The summed E-state index contributed by atoms with van der Waals surface area (Å²) in [7, 11) is 0. The minimum Gasteiger partial charge on any atom is -0.381 e. The third-order valence-electron chi connectivity index (χ3n) is 2.95. The van der Waals surface area contributed by atoms with Crippen LogP contribution < -0.4 is 5.32 Å². The second kappa shape index (κ2) is 7.09. The number of hydrogen-bond donors (Lipinski definition) is 1. The molecule has 0 aliphatic rings. The van der Waals surface area contributed by atoms with Crippen molar-refractivity contribution in [3.8, 4) is 0 Å². The summed E-state index contributed by atoms with van der Waals surface area (Å²) >= 11 is 0. The number of aryl methyl sites for hydroxylation is 1. The first-order valence-electron chi connectivity index (χ1n) is 6.95. The standard InChI is InChI=1S/C14H22N4O/c1-3-4-10-19-11-6-8-15-14-16-13-12(2)7-5-9-18(13)17-14/h5,7,9H,3-4,6,8,10-11H2,1-2H3,(H,15,17). The number of unbranched alkanes of at least 4 members (excludes halogenated alkanes) is 1. The molecule has 0 radical (unpaired) electrons. The summed E-state index contributed by atoms with van der Waals surface area (Å²) in [4.78, 5) is 4.46. The van der Waals surface area contributed by atoms with E-state index >= 15 is 0 Å². The van der Waals surface area contributed by atoms with E-state index in [1.54, 1.807) is 4.52 Å². The van der Waals surface area contributed by atoms with Crippen molar-refractivity contribution in [3.05, 3.63) is 23.9 Å². The molecule has 0 aromatic carbocycles. The summed E-state index contributed by atoms with van der Waals surface area (Å²) in [6.45, 7) is 6.70. The Bertz CT molecular complexity index is 509. The fourth-order valence-corrected chi connectivity index (χ4v) is 1.84. The lowest BCUT2D eigenvalue weighted by Gasteiger charge is -2.03. The largest absolute Gasteiger partial charge is 0.381 e. The van der Waals surface area contributed by atoms with Crippen molar-refractivity contribution in [2.45, 2.75) is 33.1 Å². The van der Waals surface area contributed by atoms with Crippen molar-refractivity contribution in [1.29, 1.82) is 0 Å². The lowest BCUT2D eigenvalue weighted by atomic mass is 10.3. The molecule has 0 fully saturated rings. The van der Waals surface area contributed by atoms with E-state index in [1.165, 1.54) is 6.42 Å². The Labute approximate surface area is 114 Å². The van der Waals surface area contributed by atoms with Gasteiger partial charge in [0, 0.05) is 26.0 Å². The van der Waals surface area contributed by atoms with Crippen LogP contribution >= 0.6 is 0 Å². The Balaban J connectivity index is 1.74. The molecule has 19 heavy (non-hydrogen) atoms. The fourth-order valence-electron chi connectivity index (χ4n) is 1.84. The SMILES string of the molecule is CCCCOCCCNc1nc2c(C)cccn2n1. The maximum atomic E-state index is 5.50. The zero-order valence-electron chi connectivity index (χ0n) is 11.7. The lowest BCUT2D eigenvalue weighted by Crippen LogP contribution is -2.07. The molecule has 0 spiro atoms. The molecule has 0 bridgehead atoms. The number of nitrogens with zero attached hydrogens (tertiary/aromatic N) is 3. The summed E-state index contributed by atoms with van der Waals surface area (Å²) < 4.78 is 7.31.